The zero-order chi connectivity index (χ0) is 19.6. The zero-order valence-electron chi connectivity index (χ0n) is 15.3. The number of amides is 2. The highest BCUT2D eigenvalue weighted by Crippen LogP contribution is 2.22. The van der Waals surface area contributed by atoms with E-state index < -0.39 is 0 Å². The van der Waals surface area contributed by atoms with Crippen molar-refractivity contribution in [3.8, 4) is 0 Å². The van der Waals surface area contributed by atoms with Crippen LogP contribution >= 0.6 is 11.6 Å². The molecule has 0 unspecified atom stereocenters. The standard InChI is InChI=1S/C21H20ClN3O2/c1-12(2)20(26)24-16-5-7-17(8-6-16)25-21(27)18-11-14-10-15(22)4-9-19(14)23-13(18)3/h4-12H,1-3H3,(H,24,26)(H,25,27). The smallest absolute Gasteiger partial charge is 0.257 e. The van der Waals surface area contributed by atoms with E-state index in [-0.39, 0.29) is 17.7 Å². The monoisotopic (exact) mass is 381 g/mol. The Morgan fingerprint density at radius 1 is 0.963 bits per heavy atom. The van der Waals surface area contributed by atoms with Crippen LogP contribution in [0.15, 0.2) is 48.5 Å². The van der Waals surface area contributed by atoms with Crippen LogP contribution in [0.4, 0.5) is 11.4 Å². The van der Waals surface area contributed by atoms with Gasteiger partial charge in [-0.25, -0.2) is 0 Å². The van der Waals surface area contributed by atoms with Crippen molar-refractivity contribution in [1.29, 1.82) is 0 Å². The van der Waals surface area contributed by atoms with E-state index in [1.807, 2.05) is 19.9 Å². The Morgan fingerprint density at radius 3 is 2.22 bits per heavy atom. The molecule has 27 heavy (non-hydrogen) atoms. The van der Waals surface area contributed by atoms with Gasteiger partial charge < -0.3 is 10.6 Å². The van der Waals surface area contributed by atoms with Crippen LogP contribution in [0.3, 0.4) is 0 Å². The van der Waals surface area contributed by atoms with Crippen LogP contribution in [0.2, 0.25) is 5.02 Å². The molecule has 0 spiro atoms. The molecule has 2 amide bonds. The van der Waals surface area contributed by atoms with Crippen molar-refractivity contribution < 1.29 is 9.59 Å². The summed E-state index contributed by atoms with van der Waals surface area (Å²) in [5.74, 6) is -0.398. The number of carbonyl (C=O) groups is 2. The van der Waals surface area contributed by atoms with Crippen molar-refractivity contribution in [2.45, 2.75) is 20.8 Å². The minimum absolute atomic E-state index is 0.0525. The molecule has 3 aromatic rings. The van der Waals surface area contributed by atoms with Crippen molar-refractivity contribution in [3.63, 3.8) is 0 Å². The molecule has 5 nitrogen and oxygen atoms in total. The predicted octanol–water partition coefficient (Wildman–Crippen LogP) is 5.04. The maximum atomic E-state index is 12.7. The first-order valence-corrected chi connectivity index (χ1v) is 9.00. The summed E-state index contributed by atoms with van der Waals surface area (Å²) in [7, 11) is 0. The molecule has 0 aliphatic carbocycles. The third kappa shape index (κ3) is 4.44. The van der Waals surface area contributed by atoms with E-state index in [2.05, 4.69) is 15.6 Å². The molecule has 6 heteroatoms. The Kier molecular flexibility index (Phi) is 5.42. The van der Waals surface area contributed by atoms with Gasteiger partial charge in [0.05, 0.1) is 16.8 Å². The van der Waals surface area contributed by atoms with E-state index in [4.69, 9.17) is 11.6 Å². The maximum absolute atomic E-state index is 12.7. The number of aromatic nitrogens is 1. The van der Waals surface area contributed by atoms with Crippen molar-refractivity contribution >= 4 is 45.7 Å². The number of fused-ring (bicyclic) bond motifs is 1. The van der Waals surface area contributed by atoms with Crippen LogP contribution < -0.4 is 10.6 Å². The summed E-state index contributed by atoms with van der Waals surface area (Å²) in [6, 6.07) is 14.2. The van der Waals surface area contributed by atoms with Gasteiger partial charge in [-0.15, -0.1) is 0 Å². The predicted molar refractivity (Wildman–Crippen MR) is 109 cm³/mol. The van der Waals surface area contributed by atoms with Crippen LogP contribution in [0.25, 0.3) is 10.9 Å². The lowest BCUT2D eigenvalue weighted by atomic mass is 10.1. The van der Waals surface area contributed by atoms with Crippen molar-refractivity contribution in [2.24, 2.45) is 5.92 Å². The number of aryl methyl sites for hydroxylation is 1. The second kappa shape index (κ2) is 7.76. The number of benzene rings is 2. The number of halogens is 1. The minimum Gasteiger partial charge on any atom is -0.326 e. The van der Waals surface area contributed by atoms with Gasteiger partial charge in [-0.05, 0) is 55.5 Å². The van der Waals surface area contributed by atoms with Gasteiger partial charge in [-0.3, -0.25) is 14.6 Å². The molecule has 0 fully saturated rings. The summed E-state index contributed by atoms with van der Waals surface area (Å²) in [6.07, 6.45) is 0. The van der Waals surface area contributed by atoms with E-state index in [9.17, 15) is 9.59 Å². The molecule has 1 aromatic heterocycles. The molecule has 0 saturated heterocycles. The van der Waals surface area contributed by atoms with Crippen molar-refractivity contribution in [1.82, 2.24) is 4.98 Å². The highest BCUT2D eigenvalue weighted by atomic mass is 35.5. The number of nitrogens with one attached hydrogen (secondary N) is 2. The quantitative estimate of drug-likeness (QED) is 0.664. The fourth-order valence-corrected chi connectivity index (χ4v) is 2.78. The Hall–Kier alpha value is -2.92. The van der Waals surface area contributed by atoms with Gasteiger partial charge in [0.25, 0.3) is 5.91 Å². The van der Waals surface area contributed by atoms with Gasteiger partial charge in [0.1, 0.15) is 0 Å². The molecule has 0 atom stereocenters. The number of carbonyl (C=O) groups excluding carboxylic acids is 2. The van der Waals surface area contributed by atoms with E-state index >= 15 is 0 Å². The fraction of sp³-hybridized carbons (Fsp3) is 0.190. The van der Waals surface area contributed by atoms with E-state index in [1.165, 1.54) is 0 Å². The number of nitrogens with zero attached hydrogens (tertiary/aromatic N) is 1. The second-order valence-electron chi connectivity index (χ2n) is 6.63. The van der Waals surface area contributed by atoms with Gasteiger partial charge in [0.2, 0.25) is 5.91 Å². The molecular weight excluding hydrogens is 362 g/mol. The van der Waals surface area contributed by atoms with Crippen LogP contribution in [-0.4, -0.2) is 16.8 Å². The fourth-order valence-electron chi connectivity index (χ4n) is 2.60. The van der Waals surface area contributed by atoms with Gasteiger partial charge in [0, 0.05) is 27.7 Å². The molecule has 2 aromatic carbocycles. The minimum atomic E-state index is -0.249. The van der Waals surface area contributed by atoms with Crippen LogP contribution in [-0.2, 0) is 4.79 Å². The molecule has 1 heterocycles. The van der Waals surface area contributed by atoms with Gasteiger partial charge in [-0.1, -0.05) is 25.4 Å². The topological polar surface area (TPSA) is 71.1 Å². The molecular formula is C21H20ClN3O2. The average molecular weight is 382 g/mol. The third-order valence-electron chi connectivity index (χ3n) is 4.15. The number of anilines is 2. The number of hydrogen-bond donors (Lipinski definition) is 2. The van der Waals surface area contributed by atoms with E-state index in [1.54, 1.807) is 49.4 Å². The summed E-state index contributed by atoms with van der Waals surface area (Å²) in [4.78, 5) is 28.9. The molecule has 138 valence electrons. The lowest BCUT2D eigenvalue weighted by Gasteiger charge is -2.11. The van der Waals surface area contributed by atoms with Gasteiger partial charge >= 0.3 is 0 Å². The summed E-state index contributed by atoms with van der Waals surface area (Å²) in [6.45, 7) is 5.46. The van der Waals surface area contributed by atoms with Gasteiger partial charge in [0.15, 0.2) is 0 Å². The molecule has 0 aliphatic heterocycles. The SMILES string of the molecule is Cc1nc2ccc(Cl)cc2cc1C(=O)Nc1ccc(NC(=O)C(C)C)cc1. The Bertz CT molecular complexity index is 1010. The Labute approximate surface area is 162 Å². The molecule has 2 N–H and O–H groups in total. The van der Waals surface area contributed by atoms with Crippen LogP contribution in [0.5, 0.6) is 0 Å². The average Bonchev–Trinajstić information content (AvgIpc) is 2.63. The molecule has 0 bridgehead atoms. The lowest BCUT2D eigenvalue weighted by molar-refractivity contribution is -0.118. The zero-order valence-corrected chi connectivity index (χ0v) is 16.1. The molecule has 0 saturated carbocycles. The largest absolute Gasteiger partial charge is 0.326 e. The highest BCUT2D eigenvalue weighted by molar-refractivity contribution is 6.31. The second-order valence-corrected chi connectivity index (χ2v) is 7.07. The molecule has 0 aliphatic rings. The van der Waals surface area contributed by atoms with E-state index in [0.29, 0.717) is 27.7 Å². The normalized spacial score (nSPS) is 10.9. The number of pyridine rings is 1. The third-order valence-corrected chi connectivity index (χ3v) is 4.38. The highest BCUT2D eigenvalue weighted by Gasteiger charge is 2.13. The number of hydrogen-bond acceptors (Lipinski definition) is 3. The van der Waals surface area contributed by atoms with Crippen LogP contribution in [0, 0.1) is 12.8 Å². The number of rotatable bonds is 4. The summed E-state index contributed by atoms with van der Waals surface area (Å²) in [5, 5.41) is 7.08. The summed E-state index contributed by atoms with van der Waals surface area (Å²) < 4.78 is 0. The maximum Gasteiger partial charge on any atom is 0.257 e. The van der Waals surface area contributed by atoms with E-state index in [0.717, 1.165) is 10.9 Å². The van der Waals surface area contributed by atoms with Crippen molar-refractivity contribution in [3.05, 3.63) is 64.8 Å². The molecule has 3 rings (SSSR count). The summed E-state index contributed by atoms with van der Waals surface area (Å²) >= 11 is 6.03. The Morgan fingerprint density at radius 2 is 1.59 bits per heavy atom. The summed E-state index contributed by atoms with van der Waals surface area (Å²) in [5.41, 5.74) is 3.24. The Balaban J connectivity index is 1.78. The van der Waals surface area contributed by atoms with Crippen LogP contribution in [0.1, 0.15) is 29.9 Å². The van der Waals surface area contributed by atoms with Gasteiger partial charge in [-0.2, -0.15) is 0 Å². The lowest BCUT2D eigenvalue weighted by Crippen LogP contribution is -2.18. The molecule has 0 radical (unpaired) electrons. The van der Waals surface area contributed by atoms with Crippen molar-refractivity contribution in [2.75, 3.05) is 10.6 Å². The first-order valence-electron chi connectivity index (χ1n) is 8.62. The first kappa shape index (κ1) is 18.9. The first-order chi connectivity index (χ1) is 12.8.